The van der Waals surface area contributed by atoms with E-state index in [1.165, 1.54) is 0 Å². The molecule has 1 fully saturated rings. The maximum atomic E-state index is 10.2. The quantitative estimate of drug-likeness (QED) is 0.825. The average Bonchev–Trinajstić information content (AvgIpc) is 2.96. The van der Waals surface area contributed by atoms with Gasteiger partial charge >= 0.3 is 0 Å². The molecular formula is C12H16O3. The monoisotopic (exact) mass is 208 g/mol. The van der Waals surface area contributed by atoms with Gasteiger partial charge in [0.2, 0.25) is 0 Å². The van der Waals surface area contributed by atoms with Crippen LogP contribution >= 0.6 is 0 Å². The minimum Gasteiger partial charge on any atom is -0.493 e. The van der Waals surface area contributed by atoms with Gasteiger partial charge in [0, 0.05) is 5.56 Å². The van der Waals surface area contributed by atoms with Gasteiger partial charge < -0.3 is 14.6 Å². The minimum atomic E-state index is -0.691. The Balaban J connectivity index is 2.59. The molecule has 3 heteroatoms. The fraction of sp³-hybridized carbons (Fsp3) is 0.500. The lowest BCUT2D eigenvalue weighted by atomic mass is 10.00. The Morgan fingerprint density at radius 1 is 1.20 bits per heavy atom. The molecule has 0 heterocycles. The Hall–Kier alpha value is -1.22. The topological polar surface area (TPSA) is 38.7 Å². The van der Waals surface area contributed by atoms with Crippen LogP contribution in [0.4, 0.5) is 0 Å². The summed E-state index contributed by atoms with van der Waals surface area (Å²) < 4.78 is 10.5. The fourth-order valence-corrected chi connectivity index (χ4v) is 1.97. The summed E-state index contributed by atoms with van der Waals surface area (Å²) in [6.07, 6.45) is 1.61. The molecule has 2 rings (SSSR count). The van der Waals surface area contributed by atoms with E-state index >= 15 is 0 Å². The summed E-state index contributed by atoms with van der Waals surface area (Å²) in [5, 5.41) is 10.2. The average molecular weight is 208 g/mol. The Kier molecular flexibility index (Phi) is 2.35. The molecule has 1 aliphatic carbocycles. The molecule has 0 aliphatic heterocycles. The molecule has 0 spiro atoms. The van der Waals surface area contributed by atoms with Crippen LogP contribution in [0.5, 0.6) is 11.5 Å². The highest BCUT2D eigenvalue weighted by Gasteiger charge is 2.46. The summed E-state index contributed by atoms with van der Waals surface area (Å²) in [5.41, 5.74) is 1.24. The molecule has 1 aromatic rings. The van der Waals surface area contributed by atoms with Gasteiger partial charge in [-0.25, -0.2) is 0 Å². The maximum absolute atomic E-state index is 10.2. The second-order valence-electron chi connectivity index (χ2n) is 4.02. The van der Waals surface area contributed by atoms with Crippen molar-refractivity contribution < 1.29 is 14.6 Å². The zero-order valence-electron chi connectivity index (χ0n) is 9.33. The molecule has 0 amide bonds. The normalized spacial score (nSPS) is 17.3. The van der Waals surface area contributed by atoms with E-state index in [2.05, 4.69) is 0 Å². The van der Waals surface area contributed by atoms with E-state index in [1.54, 1.807) is 14.2 Å². The highest BCUT2D eigenvalue weighted by Crippen LogP contribution is 2.52. The van der Waals surface area contributed by atoms with E-state index in [0.29, 0.717) is 11.5 Å². The van der Waals surface area contributed by atoms with Gasteiger partial charge in [-0.3, -0.25) is 0 Å². The van der Waals surface area contributed by atoms with Crippen molar-refractivity contribution >= 4 is 0 Å². The van der Waals surface area contributed by atoms with Crippen LogP contribution in [0.2, 0.25) is 0 Å². The Bertz CT molecular complexity index is 381. The van der Waals surface area contributed by atoms with E-state index in [0.717, 1.165) is 24.0 Å². The number of aryl methyl sites for hydroxylation is 1. The van der Waals surface area contributed by atoms with Crippen molar-refractivity contribution in [2.45, 2.75) is 25.4 Å². The predicted molar refractivity (Wildman–Crippen MR) is 57.4 cm³/mol. The highest BCUT2D eigenvalue weighted by molar-refractivity contribution is 5.54. The van der Waals surface area contributed by atoms with Gasteiger partial charge in [0.05, 0.1) is 19.8 Å². The van der Waals surface area contributed by atoms with Crippen molar-refractivity contribution in [3.05, 3.63) is 23.3 Å². The molecule has 3 nitrogen and oxygen atoms in total. The molecule has 0 radical (unpaired) electrons. The first kappa shape index (κ1) is 10.3. The van der Waals surface area contributed by atoms with Gasteiger partial charge in [-0.05, 0) is 31.4 Å². The first-order valence-electron chi connectivity index (χ1n) is 5.07. The summed E-state index contributed by atoms with van der Waals surface area (Å²) in [6.45, 7) is 1.98. The molecule has 0 bridgehead atoms. The number of hydrogen-bond acceptors (Lipinski definition) is 3. The smallest absolute Gasteiger partial charge is 0.167 e. The second kappa shape index (κ2) is 3.42. The van der Waals surface area contributed by atoms with Crippen molar-refractivity contribution in [2.75, 3.05) is 14.2 Å². The van der Waals surface area contributed by atoms with Crippen LogP contribution in [0.25, 0.3) is 0 Å². The van der Waals surface area contributed by atoms with Crippen LogP contribution < -0.4 is 9.47 Å². The van der Waals surface area contributed by atoms with E-state index in [4.69, 9.17) is 9.47 Å². The number of hydrogen-bond donors (Lipinski definition) is 1. The zero-order chi connectivity index (χ0) is 11.1. The van der Waals surface area contributed by atoms with E-state index in [-0.39, 0.29) is 0 Å². The van der Waals surface area contributed by atoms with Crippen molar-refractivity contribution in [2.24, 2.45) is 0 Å². The number of ether oxygens (including phenoxy) is 2. The summed E-state index contributed by atoms with van der Waals surface area (Å²) in [7, 11) is 3.21. The standard InChI is InChI=1S/C12H16O3/c1-8-4-5-9(14-2)11(15-3)10(8)12(13)6-7-12/h4-5,13H,6-7H2,1-3H3. The van der Waals surface area contributed by atoms with Crippen LogP contribution in [-0.4, -0.2) is 19.3 Å². The lowest BCUT2D eigenvalue weighted by molar-refractivity contribution is 0.145. The zero-order valence-corrected chi connectivity index (χ0v) is 9.33. The lowest BCUT2D eigenvalue weighted by Crippen LogP contribution is -2.10. The van der Waals surface area contributed by atoms with Crippen LogP contribution in [-0.2, 0) is 5.60 Å². The summed E-state index contributed by atoms with van der Waals surface area (Å²) in [6, 6.07) is 3.82. The third-order valence-corrected chi connectivity index (χ3v) is 2.94. The Morgan fingerprint density at radius 3 is 2.33 bits per heavy atom. The number of rotatable bonds is 3. The van der Waals surface area contributed by atoms with Gasteiger partial charge in [-0.1, -0.05) is 6.07 Å². The predicted octanol–water partition coefficient (Wildman–Crippen LogP) is 1.99. The second-order valence-corrected chi connectivity index (χ2v) is 4.02. The first-order chi connectivity index (χ1) is 7.12. The van der Waals surface area contributed by atoms with E-state index in [1.807, 2.05) is 19.1 Å². The Morgan fingerprint density at radius 2 is 1.87 bits per heavy atom. The Labute approximate surface area is 89.6 Å². The number of aliphatic hydroxyl groups is 1. The fourth-order valence-electron chi connectivity index (χ4n) is 1.97. The number of benzene rings is 1. The molecule has 1 aromatic carbocycles. The molecule has 1 saturated carbocycles. The third kappa shape index (κ3) is 1.57. The van der Waals surface area contributed by atoms with Gasteiger partial charge in [0.1, 0.15) is 0 Å². The van der Waals surface area contributed by atoms with Gasteiger partial charge in [-0.2, -0.15) is 0 Å². The first-order valence-corrected chi connectivity index (χ1v) is 5.07. The molecule has 0 unspecified atom stereocenters. The molecule has 1 N–H and O–H groups in total. The van der Waals surface area contributed by atoms with Gasteiger partial charge in [0.25, 0.3) is 0 Å². The summed E-state index contributed by atoms with van der Waals surface area (Å²) in [5.74, 6) is 1.34. The van der Waals surface area contributed by atoms with Crippen molar-refractivity contribution in [3.8, 4) is 11.5 Å². The minimum absolute atomic E-state index is 0.664. The SMILES string of the molecule is COc1ccc(C)c(C2(O)CC2)c1OC. The molecule has 0 saturated heterocycles. The third-order valence-electron chi connectivity index (χ3n) is 2.94. The van der Waals surface area contributed by atoms with Crippen molar-refractivity contribution in [1.82, 2.24) is 0 Å². The van der Waals surface area contributed by atoms with Crippen LogP contribution in [0.1, 0.15) is 24.0 Å². The van der Waals surface area contributed by atoms with E-state index in [9.17, 15) is 5.11 Å². The highest BCUT2D eigenvalue weighted by atomic mass is 16.5. The van der Waals surface area contributed by atoms with Crippen molar-refractivity contribution in [3.63, 3.8) is 0 Å². The van der Waals surface area contributed by atoms with Crippen LogP contribution in [0.3, 0.4) is 0 Å². The molecule has 0 aromatic heterocycles. The van der Waals surface area contributed by atoms with Crippen molar-refractivity contribution in [1.29, 1.82) is 0 Å². The molecule has 1 aliphatic rings. The summed E-state index contributed by atoms with van der Waals surface area (Å²) in [4.78, 5) is 0. The molecule has 15 heavy (non-hydrogen) atoms. The van der Waals surface area contributed by atoms with Crippen LogP contribution in [0, 0.1) is 6.92 Å². The molecular weight excluding hydrogens is 192 g/mol. The maximum Gasteiger partial charge on any atom is 0.167 e. The molecule has 82 valence electrons. The van der Waals surface area contributed by atoms with E-state index < -0.39 is 5.60 Å². The van der Waals surface area contributed by atoms with Gasteiger partial charge in [-0.15, -0.1) is 0 Å². The summed E-state index contributed by atoms with van der Waals surface area (Å²) >= 11 is 0. The lowest BCUT2D eigenvalue weighted by Gasteiger charge is -2.18. The number of methoxy groups -OCH3 is 2. The molecule has 0 atom stereocenters. The van der Waals surface area contributed by atoms with Gasteiger partial charge in [0.15, 0.2) is 11.5 Å². The largest absolute Gasteiger partial charge is 0.493 e. The van der Waals surface area contributed by atoms with Crippen LogP contribution in [0.15, 0.2) is 12.1 Å².